The number of ether oxygens (including phenoxy) is 3. The summed E-state index contributed by atoms with van der Waals surface area (Å²) in [5.74, 6) is -12.1. The van der Waals surface area contributed by atoms with E-state index in [0.717, 1.165) is 32.7 Å². The van der Waals surface area contributed by atoms with Crippen molar-refractivity contribution in [3.05, 3.63) is 22.4 Å². The number of hydrogen-bond donors (Lipinski definition) is 5. The molecule has 2 atom stereocenters. The number of methoxy groups -OCH3 is 3. The highest BCUT2D eigenvalue weighted by Gasteiger charge is 2.54. The van der Waals surface area contributed by atoms with Gasteiger partial charge in [0.1, 0.15) is 0 Å². The second-order valence-electron chi connectivity index (χ2n) is 6.94. The van der Waals surface area contributed by atoms with Crippen molar-refractivity contribution in [2.45, 2.75) is 30.5 Å². The second-order valence-corrected chi connectivity index (χ2v) is 7.89. The molecule has 200 valence electrons. The first-order chi connectivity index (χ1) is 16.6. The number of carboxylic acid groups (broad SMARTS) is 3. The molecule has 36 heavy (non-hydrogen) atoms. The monoisotopic (exact) mass is 536 g/mol. The fourth-order valence-electron chi connectivity index (χ4n) is 2.64. The average Bonchev–Trinajstić information content (AvgIpc) is 3.32. The molecule has 2 unspecified atom stereocenters. The van der Waals surface area contributed by atoms with Gasteiger partial charge in [-0.3, -0.25) is 24.0 Å². The van der Waals surface area contributed by atoms with Crippen molar-refractivity contribution in [2.24, 2.45) is 5.92 Å². The standard InChI is InChI=1S/C11H10O8S.C9H14O7/c12-6(13)4-11(19,10(17)18)7(9(15)16)8(14)5-2-1-3-20-5;1-14-6(10)4-9(13,8(12)16-3)5-7(11)15-2/h1-3,7,19H,4H2,(H,12,13)(H,15,16)(H,17,18);13H,4-5H2,1-3H3. The number of Topliss-reactive ketones (excluding diaryl/α,β-unsaturated/α-hetero) is 1. The number of hydrogen-bond acceptors (Lipinski definition) is 13. The Kier molecular flexibility index (Phi) is 12.4. The van der Waals surface area contributed by atoms with Gasteiger partial charge in [0.15, 0.2) is 22.9 Å². The third kappa shape index (κ3) is 8.71. The van der Waals surface area contributed by atoms with Gasteiger partial charge < -0.3 is 39.7 Å². The summed E-state index contributed by atoms with van der Waals surface area (Å²) in [7, 11) is 3.22. The first kappa shape index (κ1) is 32.1. The van der Waals surface area contributed by atoms with Crippen molar-refractivity contribution < 1.29 is 73.3 Å². The maximum Gasteiger partial charge on any atom is 0.339 e. The molecular formula is C20H24O15S. The molecular weight excluding hydrogens is 512 g/mol. The minimum atomic E-state index is -3.22. The molecule has 1 aromatic heterocycles. The summed E-state index contributed by atoms with van der Waals surface area (Å²) in [6.45, 7) is 0. The summed E-state index contributed by atoms with van der Waals surface area (Å²) >= 11 is 0.859. The molecule has 0 fully saturated rings. The lowest BCUT2D eigenvalue weighted by atomic mass is 9.81. The van der Waals surface area contributed by atoms with Crippen LogP contribution in [0, 0.1) is 5.92 Å². The maximum absolute atomic E-state index is 12.0. The molecule has 1 rings (SSSR count). The van der Waals surface area contributed by atoms with Gasteiger partial charge in [0.05, 0.1) is 45.5 Å². The van der Waals surface area contributed by atoms with Gasteiger partial charge in [0.2, 0.25) is 0 Å². The molecule has 16 heteroatoms. The molecule has 0 aliphatic heterocycles. The maximum atomic E-state index is 12.0. The average molecular weight is 536 g/mol. The Labute approximate surface area is 206 Å². The fourth-order valence-corrected chi connectivity index (χ4v) is 3.34. The molecule has 0 bridgehead atoms. The highest BCUT2D eigenvalue weighted by molar-refractivity contribution is 7.12. The van der Waals surface area contributed by atoms with Gasteiger partial charge in [-0.1, -0.05) is 6.07 Å². The van der Waals surface area contributed by atoms with E-state index in [0.29, 0.717) is 0 Å². The van der Waals surface area contributed by atoms with Crippen LogP contribution in [0.25, 0.3) is 0 Å². The van der Waals surface area contributed by atoms with Gasteiger partial charge in [-0.25, -0.2) is 9.59 Å². The summed E-state index contributed by atoms with van der Waals surface area (Å²) < 4.78 is 12.9. The van der Waals surface area contributed by atoms with Crippen LogP contribution in [-0.4, -0.2) is 99.7 Å². The van der Waals surface area contributed by atoms with Crippen LogP contribution in [-0.2, 0) is 43.0 Å². The molecule has 0 aromatic carbocycles. The lowest BCUT2D eigenvalue weighted by molar-refractivity contribution is -0.175. The Morgan fingerprint density at radius 2 is 1.36 bits per heavy atom. The van der Waals surface area contributed by atoms with E-state index in [9.17, 15) is 43.8 Å². The van der Waals surface area contributed by atoms with E-state index in [2.05, 4.69) is 14.2 Å². The lowest BCUT2D eigenvalue weighted by Gasteiger charge is -2.26. The fraction of sp³-hybridized carbons (Fsp3) is 0.450. The van der Waals surface area contributed by atoms with E-state index in [-0.39, 0.29) is 4.88 Å². The molecule has 1 aromatic rings. The van der Waals surface area contributed by atoms with Crippen molar-refractivity contribution >= 4 is 52.9 Å². The van der Waals surface area contributed by atoms with Crippen LogP contribution in [0.15, 0.2) is 17.5 Å². The van der Waals surface area contributed by atoms with Crippen molar-refractivity contribution in [3.8, 4) is 0 Å². The Hall–Kier alpha value is -3.89. The van der Waals surface area contributed by atoms with Crippen molar-refractivity contribution in [2.75, 3.05) is 21.3 Å². The predicted molar refractivity (Wildman–Crippen MR) is 115 cm³/mol. The van der Waals surface area contributed by atoms with Gasteiger partial charge in [0, 0.05) is 0 Å². The van der Waals surface area contributed by atoms with Crippen molar-refractivity contribution in [3.63, 3.8) is 0 Å². The third-order valence-corrected chi connectivity index (χ3v) is 5.32. The molecule has 0 aliphatic carbocycles. The zero-order valence-corrected chi connectivity index (χ0v) is 20.0. The molecule has 0 radical (unpaired) electrons. The van der Waals surface area contributed by atoms with Crippen LogP contribution in [0.1, 0.15) is 28.9 Å². The number of carbonyl (C=O) groups is 7. The molecule has 0 aliphatic rings. The Morgan fingerprint density at radius 3 is 1.67 bits per heavy atom. The van der Waals surface area contributed by atoms with Gasteiger partial charge in [-0.05, 0) is 11.4 Å². The number of rotatable bonds is 12. The Bertz CT molecular complexity index is 965. The van der Waals surface area contributed by atoms with Gasteiger partial charge in [-0.2, -0.15) is 0 Å². The summed E-state index contributed by atoms with van der Waals surface area (Å²) in [5.41, 5.74) is -5.48. The first-order valence-electron chi connectivity index (χ1n) is 9.52. The molecule has 15 nitrogen and oxygen atoms in total. The molecule has 0 amide bonds. The van der Waals surface area contributed by atoms with Gasteiger partial charge in [-0.15, -0.1) is 11.3 Å². The smallest absolute Gasteiger partial charge is 0.339 e. The molecule has 0 saturated heterocycles. The van der Waals surface area contributed by atoms with E-state index in [4.69, 9.17) is 15.3 Å². The van der Waals surface area contributed by atoms with Crippen LogP contribution in [0.3, 0.4) is 0 Å². The number of aliphatic carboxylic acids is 3. The summed E-state index contributed by atoms with van der Waals surface area (Å²) in [5, 5.41) is 47.7. The topological polar surface area (TPSA) is 248 Å². The predicted octanol–water partition coefficient (Wildman–Crippen LogP) is -1.06. The van der Waals surface area contributed by atoms with Crippen LogP contribution >= 0.6 is 11.3 Å². The quantitative estimate of drug-likeness (QED) is 0.0924. The third-order valence-electron chi connectivity index (χ3n) is 4.44. The SMILES string of the molecule is COC(=O)CC(O)(CC(=O)OC)C(=O)OC.O=C(O)CC(O)(C(=O)O)C(C(=O)O)C(=O)c1cccs1. The number of ketones is 1. The van der Waals surface area contributed by atoms with Crippen LogP contribution < -0.4 is 0 Å². The molecule has 0 saturated carbocycles. The van der Waals surface area contributed by atoms with Crippen molar-refractivity contribution in [1.82, 2.24) is 0 Å². The zero-order valence-electron chi connectivity index (χ0n) is 19.2. The number of aliphatic hydroxyl groups is 2. The minimum Gasteiger partial charge on any atom is -0.481 e. The molecule has 0 spiro atoms. The highest BCUT2D eigenvalue weighted by atomic mass is 32.1. The van der Waals surface area contributed by atoms with E-state index in [1.54, 1.807) is 0 Å². The van der Waals surface area contributed by atoms with E-state index in [1.807, 2.05) is 0 Å². The normalized spacial score (nSPS) is 13.0. The largest absolute Gasteiger partial charge is 0.481 e. The summed E-state index contributed by atoms with van der Waals surface area (Å²) in [4.78, 5) is 77.9. The Balaban J connectivity index is 0.000000700. The van der Waals surface area contributed by atoms with Crippen LogP contribution in [0.4, 0.5) is 0 Å². The van der Waals surface area contributed by atoms with Gasteiger partial charge in [0.25, 0.3) is 0 Å². The number of carboxylic acids is 3. The summed E-state index contributed by atoms with van der Waals surface area (Å²) in [6, 6.07) is 2.69. The number of esters is 3. The molecule has 1 heterocycles. The van der Waals surface area contributed by atoms with Gasteiger partial charge >= 0.3 is 35.8 Å². The second kappa shape index (κ2) is 13.9. The summed E-state index contributed by atoms with van der Waals surface area (Å²) in [6.07, 6.45) is -2.76. The van der Waals surface area contributed by atoms with Crippen molar-refractivity contribution in [1.29, 1.82) is 0 Å². The number of thiophene rings is 1. The first-order valence-corrected chi connectivity index (χ1v) is 10.4. The number of carbonyl (C=O) groups excluding carboxylic acids is 4. The van der Waals surface area contributed by atoms with Crippen LogP contribution in [0.2, 0.25) is 0 Å². The van der Waals surface area contributed by atoms with Crippen LogP contribution in [0.5, 0.6) is 0 Å². The minimum absolute atomic E-state index is 0.0811. The molecule has 5 N–H and O–H groups in total. The zero-order chi connectivity index (χ0) is 28.3. The highest BCUT2D eigenvalue weighted by Crippen LogP contribution is 2.28. The van der Waals surface area contributed by atoms with E-state index in [1.165, 1.54) is 17.5 Å². The van der Waals surface area contributed by atoms with E-state index >= 15 is 0 Å². The van der Waals surface area contributed by atoms with E-state index < -0.39 is 78.0 Å². The Morgan fingerprint density at radius 1 is 0.861 bits per heavy atom. The lowest BCUT2D eigenvalue weighted by Crippen LogP contribution is -2.53.